The zero-order chi connectivity index (χ0) is 13.9. The average Bonchev–Trinajstić information content (AvgIpc) is 2.37. The van der Waals surface area contributed by atoms with Crippen LogP contribution in [0.15, 0.2) is 23.1 Å². The number of nitrogens with one attached hydrogen (secondary N) is 1. The zero-order valence-electron chi connectivity index (χ0n) is 11.0. The predicted octanol–water partition coefficient (Wildman–Crippen LogP) is 0.298. The number of benzene rings is 1. The smallest absolute Gasteiger partial charge is 0.240 e. The summed E-state index contributed by atoms with van der Waals surface area (Å²) < 4.78 is 37.4. The molecule has 1 aromatic rings. The van der Waals surface area contributed by atoms with Gasteiger partial charge in [-0.05, 0) is 26.2 Å². The van der Waals surface area contributed by atoms with Crippen molar-refractivity contribution in [1.29, 1.82) is 0 Å². The van der Waals surface area contributed by atoms with Crippen molar-refractivity contribution in [3.05, 3.63) is 18.2 Å². The van der Waals surface area contributed by atoms with Crippen molar-refractivity contribution in [2.75, 3.05) is 40.4 Å². The maximum atomic E-state index is 12.1. The number of sulfonamides is 1. The van der Waals surface area contributed by atoms with Crippen LogP contribution in [-0.2, 0) is 10.0 Å². The molecule has 0 aliphatic carbocycles. The fraction of sp³-hybridized carbons (Fsp3) is 0.500. The molecule has 0 bridgehead atoms. The number of hydrogen-bond acceptors (Lipinski definition) is 5. The van der Waals surface area contributed by atoms with Gasteiger partial charge in [-0.25, -0.2) is 13.1 Å². The van der Waals surface area contributed by atoms with Gasteiger partial charge in [0.2, 0.25) is 10.0 Å². The van der Waals surface area contributed by atoms with E-state index in [4.69, 9.17) is 9.47 Å². The number of likely N-dealkylation sites (N-methyl/N-ethyl adjacent to an activating group) is 1. The van der Waals surface area contributed by atoms with Gasteiger partial charge in [0.05, 0.1) is 4.90 Å². The molecule has 1 heterocycles. The van der Waals surface area contributed by atoms with Crippen molar-refractivity contribution in [1.82, 2.24) is 9.62 Å². The van der Waals surface area contributed by atoms with Gasteiger partial charge >= 0.3 is 0 Å². The van der Waals surface area contributed by atoms with Crippen LogP contribution < -0.4 is 14.2 Å². The van der Waals surface area contributed by atoms with Crippen molar-refractivity contribution in [2.45, 2.75) is 4.90 Å². The topological polar surface area (TPSA) is 67.9 Å². The Morgan fingerprint density at radius 3 is 2.58 bits per heavy atom. The monoisotopic (exact) mass is 286 g/mol. The van der Waals surface area contributed by atoms with Crippen LogP contribution in [0, 0.1) is 0 Å². The second-order valence-corrected chi connectivity index (χ2v) is 6.27. The van der Waals surface area contributed by atoms with E-state index in [2.05, 4.69) is 4.72 Å². The summed E-state index contributed by atoms with van der Waals surface area (Å²) in [6.45, 7) is 1.93. The molecule has 106 valence electrons. The van der Waals surface area contributed by atoms with Gasteiger partial charge in [0, 0.05) is 19.2 Å². The number of hydrogen-bond donors (Lipinski definition) is 1. The average molecular weight is 286 g/mol. The van der Waals surface area contributed by atoms with Gasteiger partial charge in [-0.2, -0.15) is 0 Å². The molecule has 0 aromatic heterocycles. The van der Waals surface area contributed by atoms with Crippen molar-refractivity contribution >= 4 is 10.0 Å². The van der Waals surface area contributed by atoms with Crippen LogP contribution in [0.4, 0.5) is 0 Å². The van der Waals surface area contributed by atoms with Crippen LogP contribution >= 0.6 is 0 Å². The molecule has 1 aliphatic heterocycles. The van der Waals surface area contributed by atoms with E-state index in [1.54, 1.807) is 6.07 Å². The van der Waals surface area contributed by atoms with Crippen LogP contribution in [0.5, 0.6) is 11.5 Å². The van der Waals surface area contributed by atoms with Gasteiger partial charge in [-0.1, -0.05) is 0 Å². The Morgan fingerprint density at radius 1 is 1.21 bits per heavy atom. The Morgan fingerprint density at radius 2 is 1.89 bits per heavy atom. The van der Waals surface area contributed by atoms with Crippen molar-refractivity contribution < 1.29 is 17.9 Å². The van der Waals surface area contributed by atoms with Crippen LogP contribution in [-0.4, -0.2) is 53.7 Å². The number of rotatable bonds is 5. The molecule has 19 heavy (non-hydrogen) atoms. The zero-order valence-corrected chi connectivity index (χ0v) is 11.9. The van der Waals surface area contributed by atoms with Gasteiger partial charge in [0.25, 0.3) is 0 Å². The first-order valence-corrected chi connectivity index (χ1v) is 7.51. The highest BCUT2D eigenvalue weighted by Gasteiger charge is 2.18. The Kier molecular flexibility index (Phi) is 4.28. The Hall–Kier alpha value is -1.31. The standard InChI is InChI=1S/C12H18N2O4S/c1-14(2)6-5-13-19(15,16)10-3-4-11-12(9-10)18-8-7-17-11/h3-4,9,13H,5-8H2,1-2H3. The lowest BCUT2D eigenvalue weighted by atomic mass is 10.3. The summed E-state index contributed by atoms with van der Waals surface area (Å²) in [5, 5.41) is 0. The molecule has 0 unspecified atom stereocenters. The molecule has 0 fully saturated rings. The second-order valence-electron chi connectivity index (χ2n) is 4.51. The quantitative estimate of drug-likeness (QED) is 0.843. The van der Waals surface area contributed by atoms with Gasteiger partial charge in [0.15, 0.2) is 11.5 Å². The molecule has 0 spiro atoms. The summed E-state index contributed by atoms with van der Waals surface area (Å²) in [6.07, 6.45) is 0. The molecular formula is C12H18N2O4S. The Labute approximate surface area is 113 Å². The highest BCUT2D eigenvalue weighted by atomic mass is 32.2. The summed E-state index contributed by atoms with van der Waals surface area (Å²) in [7, 11) is 0.273. The molecule has 1 aliphatic rings. The first kappa shape index (κ1) is 14.1. The third kappa shape index (κ3) is 3.59. The lowest BCUT2D eigenvalue weighted by Gasteiger charge is -2.19. The van der Waals surface area contributed by atoms with E-state index < -0.39 is 10.0 Å². The molecule has 7 heteroatoms. The number of nitrogens with zero attached hydrogens (tertiary/aromatic N) is 1. The third-order valence-electron chi connectivity index (χ3n) is 2.68. The molecule has 1 N–H and O–H groups in total. The van der Waals surface area contributed by atoms with Gasteiger partial charge in [-0.15, -0.1) is 0 Å². The van der Waals surface area contributed by atoms with Crippen LogP contribution in [0.1, 0.15) is 0 Å². The molecule has 1 aromatic carbocycles. The van der Waals surface area contributed by atoms with Crippen LogP contribution in [0.3, 0.4) is 0 Å². The Balaban J connectivity index is 2.12. The summed E-state index contributed by atoms with van der Waals surface area (Å²) >= 11 is 0. The molecule has 0 saturated heterocycles. The van der Waals surface area contributed by atoms with E-state index in [0.29, 0.717) is 37.8 Å². The minimum absolute atomic E-state index is 0.190. The number of ether oxygens (including phenoxy) is 2. The second kappa shape index (κ2) is 5.77. The normalized spacial score (nSPS) is 14.7. The van der Waals surface area contributed by atoms with Gasteiger partial charge in [-0.3, -0.25) is 0 Å². The van der Waals surface area contributed by atoms with E-state index >= 15 is 0 Å². The number of fused-ring (bicyclic) bond motifs is 1. The van der Waals surface area contributed by atoms with Crippen molar-refractivity contribution in [3.63, 3.8) is 0 Å². The lowest BCUT2D eigenvalue weighted by molar-refractivity contribution is 0.171. The molecular weight excluding hydrogens is 268 g/mol. The SMILES string of the molecule is CN(C)CCNS(=O)(=O)c1ccc2c(c1)OCCO2. The van der Waals surface area contributed by atoms with Crippen molar-refractivity contribution in [2.24, 2.45) is 0 Å². The maximum absolute atomic E-state index is 12.1. The van der Waals surface area contributed by atoms with Crippen LogP contribution in [0.2, 0.25) is 0 Å². The fourth-order valence-corrected chi connectivity index (χ4v) is 2.71. The van der Waals surface area contributed by atoms with E-state index in [1.165, 1.54) is 12.1 Å². The molecule has 0 radical (unpaired) electrons. The third-order valence-corrected chi connectivity index (χ3v) is 4.13. The van der Waals surface area contributed by atoms with Crippen LogP contribution in [0.25, 0.3) is 0 Å². The van der Waals surface area contributed by atoms with E-state index in [1.807, 2.05) is 19.0 Å². The lowest BCUT2D eigenvalue weighted by Crippen LogP contribution is -2.31. The predicted molar refractivity (Wildman–Crippen MR) is 71.2 cm³/mol. The first-order chi connectivity index (χ1) is 8.99. The minimum atomic E-state index is -3.50. The van der Waals surface area contributed by atoms with Crippen molar-refractivity contribution in [3.8, 4) is 11.5 Å². The molecule has 0 atom stereocenters. The molecule has 2 rings (SSSR count). The van der Waals surface area contributed by atoms with E-state index in [0.717, 1.165) is 0 Å². The van der Waals surface area contributed by atoms with Gasteiger partial charge < -0.3 is 14.4 Å². The molecule has 6 nitrogen and oxygen atoms in total. The minimum Gasteiger partial charge on any atom is -0.486 e. The highest BCUT2D eigenvalue weighted by molar-refractivity contribution is 7.89. The highest BCUT2D eigenvalue weighted by Crippen LogP contribution is 2.32. The van der Waals surface area contributed by atoms with Gasteiger partial charge in [0.1, 0.15) is 13.2 Å². The summed E-state index contributed by atoms with van der Waals surface area (Å²) in [6, 6.07) is 4.63. The maximum Gasteiger partial charge on any atom is 0.240 e. The fourth-order valence-electron chi connectivity index (χ4n) is 1.68. The summed E-state index contributed by atoms with van der Waals surface area (Å²) in [5.41, 5.74) is 0. The Bertz CT molecular complexity index is 543. The summed E-state index contributed by atoms with van der Waals surface area (Å²) in [4.78, 5) is 2.10. The first-order valence-electron chi connectivity index (χ1n) is 6.03. The summed E-state index contributed by atoms with van der Waals surface area (Å²) in [5.74, 6) is 1.06. The van der Waals surface area contributed by atoms with E-state index in [9.17, 15) is 8.42 Å². The molecule has 0 amide bonds. The molecule has 0 saturated carbocycles. The van der Waals surface area contributed by atoms with E-state index in [-0.39, 0.29) is 4.90 Å². The largest absolute Gasteiger partial charge is 0.486 e.